The Labute approximate surface area is 154 Å². The number of nitrogens with zero attached hydrogens (tertiary/aromatic N) is 3. The predicted molar refractivity (Wildman–Crippen MR) is 101 cm³/mol. The second-order valence-corrected chi connectivity index (χ2v) is 7.00. The molecule has 3 aromatic rings. The number of imidazole rings is 1. The van der Waals surface area contributed by atoms with E-state index in [-0.39, 0.29) is 5.88 Å². The summed E-state index contributed by atoms with van der Waals surface area (Å²) in [5, 5.41) is 9.94. The van der Waals surface area contributed by atoms with Gasteiger partial charge in [0.05, 0.1) is 19.0 Å². The molecule has 0 spiro atoms. The zero-order chi connectivity index (χ0) is 17.6. The first kappa shape index (κ1) is 16.0. The molecule has 1 N–H and O–H groups in total. The number of halogens is 1. The Morgan fingerprint density at radius 1 is 1.20 bits per heavy atom. The third-order valence-corrected chi connectivity index (χ3v) is 5.47. The molecule has 4 rings (SSSR count). The van der Waals surface area contributed by atoms with Crippen molar-refractivity contribution in [1.29, 1.82) is 0 Å². The third-order valence-electron chi connectivity index (χ3n) is 4.61. The average molecular weight is 400 g/mol. The van der Waals surface area contributed by atoms with Crippen molar-refractivity contribution in [3.05, 3.63) is 63.8 Å². The van der Waals surface area contributed by atoms with Gasteiger partial charge in [-0.2, -0.15) is 4.98 Å². The van der Waals surface area contributed by atoms with Gasteiger partial charge in [-0.15, -0.1) is 0 Å². The van der Waals surface area contributed by atoms with Gasteiger partial charge in [0.25, 0.3) is 0 Å². The summed E-state index contributed by atoms with van der Waals surface area (Å²) in [5.74, 6) is 1.62. The monoisotopic (exact) mass is 399 g/mol. The lowest BCUT2D eigenvalue weighted by Crippen LogP contribution is -2.30. The molecule has 25 heavy (non-hydrogen) atoms. The molecule has 1 aliphatic rings. The molecule has 0 atom stereocenters. The fourth-order valence-electron chi connectivity index (χ4n) is 3.24. The van der Waals surface area contributed by atoms with Gasteiger partial charge in [0.2, 0.25) is 11.8 Å². The van der Waals surface area contributed by atoms with E-state index >= 15 is 0 Å². The van der Waals surface area contributed by atoms with E-state index < -0.39 is 0 Å². The molecular weight excluding hydrogens is 382 g/mol. The van der Waals surface area contributed by atoms with Crippen molar-refractivity contribution < 1.29 is 9.84 Å². The maximum Gasteiger partial charge on any atom is 0.231 e. The first-order valence-electron chi connectivity index (χ1n) is 8.01. The summed E-state index contributed by atoms with van der Waals surface area (Å²) in [5.41, 5.74) is 4.66. The minimum absolute atomic E-state index is 0.0307. The SMILES string of the molecule is COc1ccc(CN2Cc3c(ccc(Br)c3C)-n3cc(O)nc32)cc1. The van der Waals surface area contributed by atoms with E-state index in [1.165, 1.54) is 11.1 Å². The van der Waals surface area contributed by atoms with Gasteiger partial charge >= 0.3 is 0 Å². The van der Waals surface area contributed by atoms with Crippen molar-refractivity contribution in [2.24, 2.45) is 0 Å². The summed E-state index contributed by atoms with van der Waals surface area (Å²) in [6.07, 6.45) is 1.67. The summed E-state index contributed by atoms with van der Waals surface area (Å²) < 4.78 is 8.27. The number of hydrogen-bond donors (Lipinski definition) is 1. The minimum atomic E-state index is 0.0307. The van der Waals surface area contributed by atoms with Crippen molar-refractivity contribution in [3.8, 4) is 17.3 Å². The van der Waals surface area contributed by atoms with E-state index in [2.05, 4.69) is 50.9 Å². The first-order valence-corrected chi connectivity index (χ1v) is 8.80. The number of ether oxygens (including phenoxy) is 1. The molecule has 128 valence electrons. The number of hydrogen-bond acceptors (Lipinski definition) is 4. The van der Waals surface area contributed by atoms with E-state index in [0.29, 0.717) is 6.54 Å². The van der Waals surface area contributed by atoms with Gasteiger partial charge in [0, 0.05) is 17.6 Å². The molecule has 0 amide bonds. The average Bonchev–Trinajstić information content (AvgIpc) is 3.01. The molecule has 2 aromatic carbocycles. The van der Waals surface area contributed by atoms with Crippen molar-refractivity contribution >= 4 is 21.9 Å². The summed E-state index contributed by atoms with van der Waals surface area (Å²) >= 11 is 3.62. The van der Waals surface area contributed by atoms with Crippen molar-refractivity contribution in [2.75, 3.05) is 12.0 Å². The van der Waals surface area contributed by atoms with Gasteiger partial charge in [0.15, 0.2) is 0 Å². The summed E-state index contributed by atoms with van der Waals surface area (Å²) in [6.45, 7) is 3.55. The van der Waals surface area contributed by atoms with Crippen molar-refractivity contribution in [1.82, 2.24) is 9.55 Å². The number of fused-ring (bicyclic) bond motifs is 3. The van der Waals surface area contributed by atoms with E-state index in [1.807, 2.05) is 22.8 Å². The molecule has 0 saturated carbocycles. The highest BCUT2D eigenvalue weighted by Gasteiger charge is 2.26. The lowest BCUT2D eigenvalue weighted by atomic mass is 10.0. The lowest BCUT2D eigenvalue weighted by Gasteiger charge is -2.32. The van der Waals surface area contributed by atoms with Gasteiger partial charge in [-0.1, -0.05) is 28.1 Å². The van der Waals surface area contributed by atoms with Crippen molar-refractivity contribution in [3.63, 3.8) is 0 Å². The van der Waals surface area contributed by atoms with E-state index in [0.717, 1.165) is 34.0 Å². The van der Waals surface area contributed by atoms with Crippen LogP contribution in [0.4, 0.5) is 5.95 Å². The molecule has 0 aliphatic carbocycles. The highest BCUT2D eigenvalue weighted by Crippen LogP contribution is 2.36. The maximum atomic E-state index is 9.94. The standard InChI is InChI=1S/C19H18BrN3O2/c1-12-15-10-22(9-13-3-5-14(25-2)6-4-13)19-21-18(24)11-23(19)17(15)8-7-16(12)20/h3-8,11,24H,9-10H2,1-2H3. The first-order chi connectivity index (χ1) is 12.1. The van der Waals surface area contributed by atoms with E-state index in [4.69, 9.17) is 4.74 Å². The van der Waals surface area contributed by atoms with Crippen LogP contribution in [0.5, 0.6) is 11.6 Å². The molecule has 0 saturated heterocycles. The van der Waals surface area contributed by atoms with Crippen LogP contribution in [-0.4, -0.2) is 21.8 Å². The van der Waals surface area contributed by atoms with Crippen LogP contribution in [0.3, 0.4) is 0 Å². The smallest absolute Gasteiger partial charge is 0.231 e. The number of methoxy groups -OCH3 is 1. The van der Waals surface area contributed by atoms with Crippen molar-refractivity contribution in [2.45, 2.75) is 20.0 Å². The highest BCUT2D eigenvalue weighted by atomic mass is 79.9. The van der Waals surface area contributed by atoms with Crippen LogP contribution in [0.25, 0.3) is 5.69 Å². The number of anilines is 1. The van der Waals surface area contributed by atoms with Gasteiger partial charge < -0.3 is 14.7 Å². The molecule has 5 nitrogen and oxygen atoms in total. The Kier molecular flexibility index (Phi) is 3.92. The molecule has 0 fully saturated rings. The Balaban J connectivity index is 1.75. The molecule has 0 bridgehead atoms. The minimum Gasteiger partial charge on any atom is -0.497 e. The Morgan fingerprint density at radius 2 is 1.96 bits per heavy atom. The Morgan fingerprint density at radius 3 is 2.68 bits per heavy atom. The summed E-state index contributed by atoms with van der Waals surface area (Å²) in [6, 6.07) is 12.1. The van der Waals surface area contributed by atoms with Gasteiger partial charge in [-0.05, 0) is 47.9 Å². The predicted octanol–water partition coefficient (Wildman–Crippen LogP) is 4.18. The second kappa shape index (κ2) is 6.11. The molecular formula is C19H18BrN3O2. The fraction of sp³-hybridized carbons (Fsp3) is 0.211. The lowest BCUT2D eigenvalue weighted by molar-refractivity contribution is 0.414. The number of aromatic hydroxyl groups is 1. The third kappa shape index (κ3) is 2.76. The summed E-state index contributed by atoms with van der Waals surface area (Å²) in [7, 11) is 1.66. The van der Waals surface area contributed by atoms with E-state index in [1.54, 1.807) is 13.3 Å². The fourth-order valence-corrected chi connectivity index (χ4v) is 3.61. The molecule has 0 radical (unpaired) electrons. The quantitative estimate of drug-likeness (QED) is 0.717. The highest BCUT2D eigenvalue weighted by molar-refractivity contribution is 9.10. The Hall–Kier alpha value is -2.47. The molecule has 1 aromatic heterocycles. The molecule has 6 heteroatoms. The molecule has 1 aliphatic heterocycles. The largest absolute Gasteiger partial charge is 0.497 e. The van der Waals surface area contributed by atoms with Crippen LogP contribution in [0.1, 0.15) is 16.7 Å². The number of aromatic nitrogens is 2. The van der Waals surface area contributed by atoms with Crippen LogP contribution in [0.15, 0.2) is 47.1 Å². The molecule has 2 heterocycles. The Bertz CT molecular complexity index is 935. The van der Waals surface area contributed by atoms with Crippen LogP contribution >= 0.6 is 15.9 Å². The van der Waals surface area contributed by atoms with Gasteiger partial charge in [0.1, 0.15) is 5.75 Å². The normalized spacial score (nSPS) is 12.7. The van der Waals surface area contributed by atoms with Gasteiger partial charge in [-0.3, -0.25) is 4.57 Å². The molecule has 0 unspecified atom stereocenters. The summed E-state index contributed by atoms with van der Waals surface area (Å²) in [4.78, 5) is 6.49. The second-order valence-electron chi connectivity index (χ2n) is 6.14. The number of benzene rings is 2. The zero-order valence-electron chi connectivity index (χ0n) is 14.0. The zero-order valence-corrected chi connectivity index (χ0v) is 15.6. The topological polar surface area (TPSA) is 50.5 Å². The van der Waals surface area contributed by atoms with Crippen LogP contribution in [-0.2, 0) is 13.1 Å². The van der Waals surface area contributed by atoms with Gasteiger partial charge in [-0.25, -0.2) is 0 Å². The van der Waals surface area contributed by atoms with E-state index in [9.17, 15) is 5.11 Å². The van der Waals surface area contributed by atoms with Crippen LogP contribution in [0.2, 0.25) is 0 Å². The van der Waals surface area contributed by atoms with Crippen LogP contribution in [0, 0.1) is 6.92 Å². The maximum absolute atomic E-state index is 9.94. The number of rotatable bonds is 3. The van der Waals surface area contributed by atoms with Crippen LogP contribution < -0.4 is 9.64 Å².